The van der Waals surface area contributed by atoms with Crippen LogP contribution in [0.5, 0.6) is 0 Å². The molecule has 0 radical (unpaired) electrons. The van der Waals surface area contributed by atoms with Gasteiger partial charge in [0, 0.05) is 19.2 Å². The van der Waals surface area contributed by atoms with E-state index in [2.05, 4.69) is 22.5 Å². The summed E-state index contributed by atoms with van der Waals surface area (Å²) in [5, 5.41) is 6.03. The minimum atomic E-state index is -0.602. The van der Waals surface area contributed by atoms with Crippen LogP contribution in [0.3, 0.4) is 0 Å². The van der Waals surface area contributed by atoms with E-state index in [9.17, 15) is 14.4 Å². The minimum Gasteiger partial charge on any atom is -0.352 e. The number of nitrogens with zero attached hydrogens (tertiary/aromatic N) is 2. The van der Waals surface area contributed by atoms with Gasteiger partial charge in [0.2, 0.25) is 17.7 Å². The molecule has 7 nitrogen and oxygen atoms in total. The first-order chi connectivity index (χ1) is 16.0. The van der Waals surface area contributed by atoms with E-state index in [1.807, 2.05) is 40.8 Å². The van der Waals surface area contributed by atoms with Gasteiger partial charge in [-0.1, -0.05) is 66.4 Å². The van der Waals surface area contributed by atoms with Crippen molar-refractivity contribution >= 4 is 17.7 Å². The Balaban J connectivity index is 2.88. The van der Waals surface area contributed by atoms with Crippen molar-refractivity contribution in [1.29, 1.82) is 0 Å². The zero-order chi connectivity index (χ0) is 25.8. The number of nitrogens with one attached hydrogen (secondary N) is 2. The SMILES string of the molecule is CCCCCCNC(=O)/C(C)=C/[C@H](C(C)C)N(C)C(=O)C(NC(=O)C1CCCCN1C)C(C)C. The highest BCUT2D eigenvalue weighted by Gasteiger charge is 2.34. The van der Waals surface area contributed by atoms with Crippen LogP contribution in [-0.4, -0.2) is 72.8 Å². The van der Waals surface area contributed by atoms with E-state index in [0.29, 0.717) is 12.1 Å². The van der Waals surface area contributed by atoms with Crippen LogP contribution in [0.4, 0.5) is 0 Å². The van der Waals surface area contributed by atoms with Crippen molar-refractivity contribution in [3.8, 4) is 0 Å². The van der Waals surface area contributed by atoms with Crippen LogP contribution in [0, 0.1) is 11.8 Å². The van der Waals surface area contributed by atoms with Crippen LogP contribution in [0.25, 0.3) is 0 Å². The Kier molecular flexibility index (Phi) is 13.5. The van der Waals surface area contributed by atoms with Gasteiger partial charge in [0.25, 0.3) is 0 Å². The van der Waals surface area contributed by atoms with E-state index in [1.165, 1.54) is 12.8 Å². The van der Waals surface area contributed by atoms with Gasteiger partial charge in [0.1, 0.15) is 6.04 Å². The molecule has 0 aromatic rings. The molecule has 1 rings (SSSR count). The van der Waals surface area contributed by atoms with Crippen LogP contribution in [-0.2, 0) is 14.4 Å². The van der Waals surface area contributed by atoms with Gasteiger partial charge in [-0.15, -0.1) is 0 Å². The molecule has 1 saturated heterocycles. The quantitative estimate of drug-likeness (QED) is 0.312. The Morgan fingerprint density at radius 2 is 1.74 bits per heavy atom. The Bertz CT molecular complexity index is 689. The fourth-order valence-corrected chi connectivity index (χ4v) is 4.51. The highest BCUT2D eigenvalue weighted by Crippen LogP contribution is 2.19. The summed E-state index contributed by atoms with van der Waals surface area (Å²) in [6.07, 6.45) is 9.27. The highest BCUT2D eigenvalue weighted by atomic mass is 16.2. The first kappa shape index (κ1) is 30.1. The van der Waals surface area contributed by atoms with Crippen molar-refractivity contribution in [3.63, 3.8) is 0 Å². The normalized spacial score (nSPS) is 19.1. The molecule has 0 bridgehead atoms. The van der Waals surface area contributed by atoms with Gasteiger partial charge in [0.15, 0.2) is 0 Å². The lowest BCUT2D eigenvalue weighted by Gasteiger charge is -2.36. The Morgan fingerprint density at radius 1 is 1.06 bits per heavy atom. The Hall–Kier alpha value is -1.89. The first-order valence-electron chi connectivity index (χ1n) is 13.2. The molecule has 0 aromatic heterocycles. The molecule has 3 amide bonds. The number of unbranched alkanes of at least 4 members (excludes halogenated alkanes) is 3. The Labute approximate surface area is 208 Å². The van der Waals surface area contributed by atoms with Crippen LogP contribution in [0.2, 0.25) is 0 Å². The number of hydrogen-bond acceptors (Lipinski definition) is 4. The third kappa shape index (κ3) is 9.40. The van der Waals surface area contributed by atoms with E-state index >= 15 is 0 Å². The molecule has 34 heavy (non-hydrogen) atoms. The molecule has 196 valence electrons. The summed E-state index contributed by atoms with van der Waals surface area (Å²) in [6.45, 7) is 13.5. The average molecular weight is 479 g/mol. The summed E-state index contributed by atoms with van der Waals surface area (Å²) in [7, 11) is 3.74. The van der Waals surface area contributed by atoms with Crippen molar-refractivity contribution < 1.29 is 14.4 Å². The van der Waals surface area contributed by atoms with Crippen molar-refractivity contribution in [2.24, 2.45) is 11.8 Å². The van der Waals surface area contributed by atoms with Crippen LogP contribution >= 0.6 is 0 Å². The van der Waals surface area contributed by atoms with Gasteiger partial charge < -0.3 is 15.5 Å². The summed E-state index contributed by atoms with van der Waals surface area (Å²) in [4.78, 5) is 42.9. The second kappa shape index (κ2) is 15.2. The molecule has 2 N–H and O–H groups in total. The molecule has 3 atom stereocenters. The number of carbonyl (C=O) groups is 3. The lowest BCUT2D eigenvalue weighted by atomic mass is 9.96. The van der Waals surface area contributed by atoms with E-state index in [4.69, 9.17) is 0 Å². The number of rotatable bonds is 13. The molecule has 0 aliphatic carbocycles. The molecule has 1 aliphatic heterocycles. The number of piperidine rings is 1. The molecule has 0 aromatic carbocycles. The zero-order valence-corrected chi connectivity index (χ0v) is 22.9. The lowest BCUT2D eigenvalue weighted by Crippen LogP contribution is -2.57. The molecular weight excluding hydrogens is 428 g/mol. The highest BCUT2D eigenvalue weighted by molar-refractivity contribution is 5.93. The topological polar surface area (TPSA) is 81.8 Å². The maximum atomic E-state index is 13.5. The molecule has 0 saturated carbocycles. The second-order valence-corrected chi connectivity index (χ2v) is 10.6. The maximum Gasteiger partial charge on any atom is 0.246 e. The van der Waals surface area contributed by atoms with Crippen LogP contribution in [0.1, 0.15) is 86.5 Å². The van der Waals surface area contributed by atoms with Crippen molar-refractivity contribution in [2.75, 3.05) is 27.2 Å². The number of likely N-dealkylation sites (tertiary alicyclic amines) is 1. The molecule has 1 aliphatic rings. The lowest BCUT2D eigenvalue weighted by molar-refractivity contribution is -0.139. The molecule has 7 heteroatoms. The van der Waals surface area contributed by atoms with Gasteiger partial charge in [-0.05, 0) is 51.6 Å². The minimum absolute atomic E-state index is 0.0443. The third-order valence-corrected chi connectivity index (χ3v) is 6.88. The predicted molar refractivity (Wildman–Crippen MR) is 139 cm³/mol. The van der Waals surface area contributed by atoms with E-state index < -0.39 is 6.04 Å². The van der Waals surface area contributed by atoms with E-state index in [1.54, 1.807) is 18.9 Å². The molecule has 1 fully saturated rings. The fraction of sp³-hybridized carbons (Fsp3) is 0.815. The summed E-state index contributed by atoms with van der Waals surface area (Å²) in [5.74, 6) is -0.203. The number of amides is 3. The van der Waals surface area contributed by atoms with Crippen molar-refractivity contribution in [3.05, 3.63) is 11.6 Å². The first-order valence-corrected chi connectivity index (χ1v) is 13.2. The third-order valence-electron chi connectivity index (χ3n) is 6.88. The molecule has 1 heterocycles. The van der Waals surface area contributed by atoms with Crippen LogP contribution in [0.15, 0.2) is 11.6 Å². The van der Waals surface area contributed by atoms with Crippen molar-refractivity contribution in [1.82, 2.24) is 20.4 Å². The van der Waals surface area contributed by atoms with Crippen LogP contribution < -0.4 is 10.6 Å². The van der Waals surface area contributed by atoms with Gasteiger partial charge in [-0.3, -0.25) is 19.3 Å². The zero-order valence-electron chi connectivity index (χ0n) is 22.9. The average Bonchev–Trinajstić information content (AvgIpc) is 2.79. The summed E-state index contributed by atoms with van der Waals surface area (Å²) in [5.41, 5.74) is 0.614. The van der Waals surface area contributed by atoms with E-state index in [-0.39, 0.29) is 41.6 Å². The molecular formula is C27H50N4O3. The van der Waals surface area contributed by atoms with Gasteiger partial charge in [-0.25, -0.2) is 0 Å². The summed E-state index contributed by atoms with van der Waals surface area (Å²) < 4.78 is 0. The largest absolute Gasteiger partial charge is 0.352 e. The van der Waals surface area contributed by atoms with Gasteiger partial charge >= 0.3 is 0 Å². The fourth-order valence-electron chi connectivity index (χ4n) is 4.51. The number of likely N-dealkylation sites (N-methyl/N-ethyl adjacent to an activating group) is 2. The monoisotopic (exact) mass is 478 g/mol. The molecule has 2 unspecified atom stereocenters. The predicted octanol–water partition coefficient (Wildman–Crippen LogP) is 3.74. The number of hydrogen-bond donors (Lipinski definition) is 2. The van der Waals surface area contributed by atoms with Crippen molar-refractivity contribution in [2.45, 2.75) is 105 Å². The molecule has 0 spiro atoms. The smallest absolute Gasteiger partial charge is 0.246 e. The number of carbonyl (C=O) groups excluding carboxylic acids is 3. The Morgan fingerprint density at radius 3 is 2.29 bits per heavy atom. The van der Waals surface area contributed by atoms with Gasteiger partial charge in [-0.2, -0.15) is 0 Å². The summed E-state index contributed by atoms with van der Waals surface area (Å²) in [6, 6.07) is -1.03. The summed E-state index contributed by atoms with van der Waals surface area (Å²) >= 11 is 0. The maximum absolute atomic E-state index is 13.5. The second-order valence-electron chi connectivity index (χ2n) is 10.6. The van der Waals surface area contributed by atoms with Gasteiger partial charge in [0.05, 0.1) is 12.1 Å². The standard InChI is InChI=1S/C27H50N4O3/c1-9-10-11-13-16-28-25(32)21(6)18-23(19(2)3)31(8)27(34)24(20(4)5)29-26(33)22-15-12-14-17-30(22)7/h18-20,22-24H,9-17H2,1-8H3,(H,28,32)(H,29,33)/b21-18+/t22?,23-,24?/m1/s1. The van der Waals surface area contributed by atoms with E-state index in [0.717, 1.165) is 38.6 Å².